The zero-order chi connectivity index (χ0) is 28.6. The van der Waals surface area contributed by atoms with Crippen LogP contribution in [0, 0.1) is 0 Å². The molecule has 7 rings (SSSR count). The van der Waals surface area contributed by atoms with Crippen molar-refractivity contribution in [1.82, 2.24) is 24.7 Å². The summed E-state index contributed by atoms with van der Waals surface area (Å²) >= 11 is 0. The quantitative estimate of drug-likeness (QED) is 0.306. The molecule has 3 heterocycles. The van der Waals surface area contributed by atoms with Crippen molar-refractivity contribution in [3.8, 4) is 17.1 Å². The number of hydrogen-bond donors (Lipinski definition) is 2. The Morgan fingerprint density at radius 3 is 2.55 bits per heavy atom. The molecule has 0 atom stereocenters. The number of benzene rings is 3. The van der Waals surface area contributed by atoms with Crippen molar-refractivity contribution in [2.24, 2.45) is 0 Å². The van der Waals surface area contributed by atoms with E-state index in [2.05, 4.69) is 50.3 Å². The summed E-state index contributed by atoms with van der Waals surface area (Å²) in [6, 6.07) is 19.6. The Bertz CT molecular complexity index is 1830. The van der Waals surface area contributed by atoms with Crippen molar-refractivity contribution < 1.29 is 9.84 Å². The maximum absolute atomic E-state index is 13.5. The minimum absolute atomic E-state index is 0.0849. The number of aromatic nitrogens is 5. The summed E-state index contributed by atoms with van der Waals surface area (Å²) < 4.78 is 6.78. The summed E-state index contributed by atoms with van der Waals surface area (Å²) in [5.41, 5.74) is 10.8. The molecule has 0 bridgehead atoms. The van der Waals surface area contributed by atoms with E-state index in [-0.39, 0.29) is 18.1 Å². The highest BCUT2D eigenvalue weighted by Gasteiger charge is 2.24. The van der Waals surface area contributed by atoms with Gasteiger partial charge in [-0.2, -0.15) is 19.7 Å². The summed E-state index contributed by atoms with van der Waals surface area (Å²) in [7, 11) is 0. The van der Waals surface area contributed by atoms with Crippen molar-refractivity contribution in [1.29, 1.82) is 0 Å². The van der Waals surface area contributed by atoms with Crippen molar-refractivity contribution in [3.05, 3.63) is 99.7 Å². The van der Waals surface area contributed by atoms with E-state index in [1.54, 1.807) is 24.4 Å². The molecule has 0 radical (unpaired) electrons. The molecule has 1 aliphatic heterocycles. The first-order valence-corrected chi connectivity index (χ1v) is 14.2. The van der Waals surface area contributed by atoms with Crippen LogP contribution in [0.25, 0.3) is 27.8 Å². The van der Waals surface area contributed by atoms with E-state index in [1.165, 1.54) is 23.1 Å². The third-order valence-corrected chi connectivity index (χ3v) is 8.01. The number of anilines is 2. The van der Waals surface area contributed by atoms with Crippen molar-refractivity contribution in [3.63, 3.8) is 0 Å². The summed E-state index contributed by atoms with van der Waals surface area (Å²) in [6.07, 6.45) is 4.55. The SMILES string of the molecule is Nc1nc(Cc2ccc(N3CCOCC3)cc2)nc(-c2cccc(-n3ncc4cc(C5CC5)ccc4c3=O)c2CO)n1. The molecule has 212 valence electrons. The Hall–Kier alpha value is -4.67. The summed E-state index contributed by atoms with van der Waals surface area (Å²) in [5, 5.41) is 16.4. The molecule has 5 aromatic rings. The largest absolute Gasteiger partial charge is 0.392 e. The normalized spacial score (nSPS) is 15.3. The molecular formula is C32H31N7O3. The molecule has 10 heteroatoms. The van der Waals surface area contributed by atoms with E-state index in [0.717, 1.165) is 42.9 Å². The number of aliphatic hydroxyl groups is 1. The van der Waals surface area contributed by atoms with E-state index < -0.39 is 0 Å². The first kappa shape index (κ1) is 26.2. The van der Waals surface area contributed by atoms with Crippen molar-refractivity contribution in [2.45, 2.75) is 31.8 Å². The van der Waals surface area contributed by atoms with Gasteiger partial charge in [0, 0.05) is 41.7 Å². The fraction of sp³-hybridized carbons (Fsp3) is 0.281. The Morgan fingerprint density at radius 2 is 1.79 bits per heavy atom. The molecule has 1 saturated carbocycles. The Kier molecular flexibility index (Phi) is 6.85. The van der Waals surface area contributed by atoms with Gasteiger partial charge in [0.05, 0.1) is 37.1 Å². The Labute approximate surface area is 242 Å². The summed E-state index contributed by atoms with van der Waals surface area (Å²) in [5.74, 6) is 1.51. The second kappa shape index (κ2) is 11.0. The minimum atomic E-state index is -0.345. The number of rotatable bonds is 7. The van der Waals surface area contributed by atoms with Gasteiger partial charge in [0.15, 0.2) is 5.82 Å². The van der Waals surface area contributed by atoms with Crippen LogP contribution >= 0.6 is 0 Å². The van der Waals surface area contributed by atoms with Crippen LogP contribution in [0.5, 0.6) is 0 Å². The number of ether oxygens (including phenoxy) is 1. The third-order valence-electron chi connectivity index (χ3n) is 8.01. The van der Waals surface area contributed by atoms with Crippen LogP contribution in [0.1, 0.15) is 41.3 Å². The zero-order valence-corrected chi connectivity index (χ0v) is 23.1. The van der Waals surface area contributed by atoms with E-state index >= 15 is 0 Å². The predicted octanol–water partition coefficient (Wildman–Crippen LogP) is 3.62. The first-order chi connectivity index (χ1) is 20.6. The fourth-order valence-electron chi connectivity index (χ4n) is 5.63. The first-order valence-electron chi connectivity index (χ1n) is 14.2. The van der Waals surface area contributed by atoms with Gasteiger partial charge in [-0.05, 0) is 60.2 Å². The van der Waals surface area contributed by atoms with Gasteiger partial charge >= 0.3 is 0 Å². The van der Waals surface area contributed by atoms with E-state index in [0.29, 0.717) is 46.2 Å². The molecule has 10 nitrogen and oxygen atoms in total. The second-order valence-corrected chi connectivity index (χ2v) is 10.8. The van der Waals surface area contributed by atoms with Crippen LogP contribution < -0.4 is 16.2 Å². The van der Waals surface area contributed by atoms with Gasteiger partial charge in [0.25, 0.3) is 5.56 Å². The maximum atomic E-state index is 13.5. The van der Waals surface area contributed by atoms with E-state index in [4.69, 9.17) is 15.5 Å². The lowest BCUT2D eigenvalue weighted by Crippen LogP contribution is -2.36. The topological polar surface area (TPSA) is 132 Å². The Balaban J connectivity index is 1.21. The van der Waals surface area contributed by atoms with Crippen LogP contribution in [-0.2, 0) is 17.8 Å². The van der Waals surface area contributed by atoms with Crippen LogP contribution in [0.3, 0.4) is 0 Å². The molecule has 0 amide bonds. The van der Waals surface area contributed by atoms with Gasteiger partial charge in [0.1, 0.15) is 5.82 Å². The fourth-order valence-corrected chi connectivity index (χ4v) is 5.63. The molecule has 3 aromatic carbocycles. The molecule has 2 aromatic heterocycles. The van der Waals surface area contributed by atoms with Gasteiger partial charge in [-0.3, -0.25) is 4.79 Å². The Morgan fingerprint density at radius 1 is 0.976 bits per heavy atom. The van der Waals surface area contributed by atoms with Crippen LogP contribution in [0.2, 0.25) is 0 Å². The summed E-state index contributed by atoms with van der Waals surface area (Å²) in [4.78, 5) is 29.3. The number of fused-ring (bicyclic) bond motifs is 1. The van der Waals surface area contributed by atoms with E-state index in [1.807, 2.05) is 12.1 Å². The van der Waals surface area contributed by atoms with Crippen molar-refractivity contribution in [2.75, 3.05) is 36.9 Å². The highest BCUT2D eigenvalue weighted by atomic mass is 16.5. The van der Waals surface area contributed by atoms with Gasteiger partial charge in [-0.15, -0.1) is 0 Å². The smallest absolute Gasteiger partial charge is 0.279 e. The average Bonchev–Trinajstić information content (AvgIpc) is 3.87. The van der Waals surface area contributed by atoms with Gasteiger partial charge in [-0.1, -0.05) is 30.3 Å². The predicted molar refractivity (Wildman–Crippen MR) is 161 cm³/mol. The molecule has 3 N–H and O–H groups in total. The van der Waals surface area contributed by atoms with Gasteiger partial charge in [0.2, 0.25) is 5.95 Å². The maximum Gasteiger partial charge on any atom is 0.279 e. The number of aliphatic hydroxyl groups excluding tert-OH is 1. The number of hydrogen-bond acceptors (Lipinski definition) is 9. The number of nitrogens with zero attached hydrogens (tertiary/aromatic N) is 6. The number of nitrogen functional groups attached to an aromatic ring is 1. The molecule has 0 unspecified atom stereocenters. The highest BCUT2D eigenvalue weighted by molar-refractivity contribution is 5.82. The number of nitrogens with two attached hydrogens (primary N) is 1. The van der Waals surface area contributed by atoms with Crippen LogP contribution in [-0.4, -0.2) is 56.1 Å². The lowest BCUT2D eigenvalue weighted by atomic mass is 10.0. The number of morpholine rings is 1. The molecule has 0 spiro atoms. The second-order valence-electron chi connectivity index (χ2n) is 10.8. The molecule has 2 fully saturated rings. The lowest BCUT2D eigenvalue weighted by Gasteiger charge is -2.28. The molecule has 1 saturated heterocycles. The lowest BCUT2D eigenvalue weighted by molar-refractivity contribution is 0.122. The average molecular weight is 562 g/mol. The standard InChI is InChI=1S/C32H31N7O3/c33-32-36-29(16-20-4-9-24(10-5-20)38-12-14-42-15-13-38)35-30(37-32)26-2-1-3-28(27(26)19-40)39-31(41)25-11-8-22(21-6-7-21)17-23(25)18-34-39/h1-5,8-11,17-18,21,40H,6-7,12-16,19H2,(H2,33,35,36,37). The minimum Gasteiger partial charge on any atom is -0.392 e. The van der Waals surface area contributed by atoms with E-state index in [9.17, 15) is 9.90 Å². The molecule has 2 aliphatic rings. The van der Waals surface area contributed by atoms with Gasteiger partial charge < -0.3 is 20.5 Å². The van der Waals surface area contributed by atoms with Gasteiger partial charge in [-0.25, -0.2) is 4.98 Å². The van der Waals surface area contributed by atoms with Crippen LogP contribution in [0.15, 0.2) is 71.7 Å². The molecule has 42 heavy (non-hydrogen) atoms. The van der Waals surface area contributed by atoms with Crippen LogP contribution in [0.4, 0.5) is 11.6 Å². The zero-order valence-electron chi connectivity index (χ0n) is 23.1. The summed E-state index contributed by atoms with van der Waals surface area (Å²) in [6.45, 7) is 2.88. The monoisotopic (exact) mass is 561 g/mol. The molecular weight excluding hydrogens is 530 g/mol. The highest BCUT2D eigenvalue weighted by Crippen LogP contribution is 2.40. The third kappa shape index (κ3) is 5.10. The molecule has 1 aliphatic carbocycles. The van der Waals surface area contributed by atoms with Crippen molar-refractivity contribution >= 4 is 22.4 Å².